The molecule has 0 amide bonds. The molecule has 0 bridgehead atoms. The smallest absolute Gasteiger partial charge is 0.0886 e. The number of rotatable bonds is 3. The molecule has 0 aliphatic rings. The van der Waals surface area contributed by atoms with Crippen LogP contribution in [0, 0.1) is 0 Å². The molecule has 98 valence electrons. The molecule has 2 heterocycles. The third kappa shape index (κ3) is 6.23. The van der Waals surface area contributed by atoms with Gasteiger partial charge in [0.1, 0.15) is 0 Å². The van der Waals surface area contributed by atoms with E-state index in [4.69, 9.17) is 17.8 Å². The molecule has 0 N–H and O–H groups in total. The zero-order chi connectivity index (χ0) is 14.1. The van der Waals surface area contributed by atoms with Gasteiger partial charge in [-0.05, 0) is 24.3 Å². The summed E-state index contributed by atoms with van der Waals surface area (Å²) in [5.74, 6) is 0. The van der Waals surface area contributed by atoms with Gasteiger partial charge in [-0.1, -0.05) is 12.1 Å². The van der Waals surface area contributed by atoms with E-state index in [2.05, 4.69) is 23.1 Å². The van der Waals surface area contributed by atoms with E-state index in [9.17, 15) is 0 Å². The van der Waals surface area contributed by atoms with Crippen molar-refractivity contribution < 1.29 is 0 Å². The second kappa shape index (κ2) is 8.35. The quantitative estimate of drug-likeness (QED) is 0.710. The molecule has 0 aliphatic carbocycles. The van der Waals surface area contributed by atoms with Gasteiger partial charge in [0, 0.05) is 12.4 Å². The fourth-order valence-corrected chi connectivity index (χ4v) is 1.59. The molecule has 0 radical (unpaired) electrons. The molecular weight excluding hydrogens is 386 g/mol. The van der Waals surface area contributed by atoms with Gasteiger partial charge in [-0.15, -0.1) is 0 Å². The van der Waals surface area contributed by atoms with Crippen LogP contribution in [0.15, 0.2) is 70.1 Å². The van der Waals surface area contributed by atoms with Crippen LogP contribution in [0.2, 0.25) is 0 Å². The number of aromatic nitrogens is 2. The van der Waals surface area contributed by atoms with Gasteiger partial charge in [0.05, 0.1) is 11.4 Å². The van der Waals surface area contributed by atoms with Gasteiger partial charge in [-0.3, -0.25) is 9.97 Å². The Morgan fingerprint density at radius 3 is 1.47 bits per heavy atom. The third-order valence-corrected chi connectivity index (χ3v) is 9.38. The molecular formula is C14H14Cl2N2Sn. The van der Waals surface area contributed by atoms with Crippen molar-refractivity contribution in [3.8, 4) is 11.4 Å². The van der Waals surface area contributed by atoms with Crippen molar-refractivity contribution in [2.75, 3.05) is 0 Å². The van der Waals surface area contributed by atoms with E-state index < -0.39 is 16.1 Å². The average molecular weight is 400 g/mol. The average Bonchev–Trinajstić information content (AvgIpc) is 2.50. The molecule has 0 saturated heterocycles. The first-order valence-electron chi connectivity index (χ1n) is 5.56. The van der Waals surface area contributed by atoms with Crippen LogP contribution < -0.4 is 0 Å². The monoisotopic (exact) mass is 400 g/mol. The normalized spacial score (nSPS) is 10.0. The van der Waals surface area contributed by atoms with E-state index in [1.165, 1.54) is 0 Å². The summed E-state index contributed by atoms with van der Waals surface area (Å²) in [5.41, 5.74) is 1.83. The van der Waals surface area contributed by atoms with Crippen molar-refractivity contribution in [3.05, 3.63) is 70.1 Å². The minimum absolute atomic E-state index is 0.915. The van der Waals surface area contributed by atoms with Crippen molar-refractivity contribution >= 4 is 34.0 Å². The summed E-state index contributed by atoms with van der Waals surface area (Å²) in [6.45, 7) is 6.92. The van der Waals surface area contributed by atoms with Gasteiger partial charge in [0.15, 0.2) is 0 Å². The first-order valence-corrected chi connectivity index (χ1v) is 16.1. The van der Waals surface area contributed by atoms with Crippen molar-refractivity contribution in [2.45, 2.75) is 0 Å². The Hall–Kier alpha value is -0.841. The Morgan fingerprint density at radius 1 is 0.842 bits per heavy atom. The minimum atomic E-state index is -2.81. The molecule has 0 aromatic carbocycles. The van der Waals surface area contributed by atoms with Crippen LogP contribution in [0.4, 0.5) is 0 Å². The fourth-order valence-electron chi connectivity index (χ4n) is 1.11. The summed E-state index contributed by atoms with van der Waals surface area (Å²) in [6, 6.07) is 11.6. The van der Waals surface area contributed by atoms with Gasteiger partial charge in [-0.25, -0.2) is 0 Å². The molecule has 0 spiro atoms. The van der Waals surface area contributed by atoms with Gasteiger partial charge in [-0.2, -0.15) is 0 Å². The number of hydrogen-bond donors (Lipinski definition) is 0. The third-order valence-electron chi connectivity index (χ3n) is 2.14. The molecule has 2 nitrogen and oxygen atoms in total. The Morgan fingerprint density at radius 2 is 1.26 bits per heavy atom. The van der Waals surface area contributed by atoms with Crippen LogP contribution in [-0.2, 0) is 0 Å². The molecule has 19 heavy (non-hydrogen) atoms. The first-order chi connectivity index (χ1) is 9.09. The number of halogens is 2. The summed E-state index contributed by atoms with van der Waals surface area (Å²) in [7, 11) is 11.3. The first kappa shape index (κ1) is 16.2. The summed E-state index contributed by atoms with van der Waals surface area (Å²) in [6.07, 6.45) is 3.54. The van der Waals surface area contributed by atoms with E-state index in [1.54, 1.807) is 20.6 Å². The summed E-state index contributed by atoms with van der Waals surface area (Å²) in [4.78, 5) is 8.37. The predicted molar refractivity (Wildman–Crippen MR) is 85.3 cm³/mol. The van der Waals surface area contributed by atoms with Crippen molar-refractivity contribution in [1.29, 1.82) is 0 Å². The summed E-state index contributed by atoms with van der Waals surface area (Å²) in [5, 5.41) is 0. The van der Waals surface area contributed by atoms with Gasteiger partial charge in [0.25, 0.3) is 0 Å². The predicted octanol–water partition coefficient (Wildman–Crippen LogP) is 4.50. The zero-order valence-corrected chi connectivity index (χ0v) is 14.7. The zero-order valence-electron chi connectivity index (χ0n) is 10.3. The van der Waals surface area contributed by atoms with Gasteiger partial charge in [0.2, 0.25) is 0 Å². The van der Waals surface area contributed by atoms with E-state index in [0.717, 1.165) is 11.4 Å². The summed E-state index contributed by atoms with van der Waals surface area (Å²) >= 11 is -2.81. The molecule has 0 atom stereocenters. The molecule has 0 saturated carbocycles. The van der Waals surface area contributed by atoms with Crippen LogP contribution in [-0.4, -0.2) is 26.1 Å². The van der Waals surface area contributed by atoms with Crippen LogP contribution in [0.25, 0.3) is 11.4 Å². The second-order valence-corrected chi connectivity index (χ2v) is 19.4. The van der Waals surface area contributed by atoms with Crippen molar-refractivity contribution in [1.82, 2.24) is 9.97 Å². The van der Waals surface area contributed by atoms with E-state index in [-0.39, 0.29) is 0 Å². The maximum atomic E-state index is 5.64. The standard InChI is InChI=1S/C10H8N2.2C2H3.2ClH.Sn/c1-3-7-11-9(5-1)10-6-2-4-8-12-10;2*1-2;;;/h1-8H;2*1H,2H2;2*1H;/q;;;;;+2/p-2. The molecule has 0 aliphatic heterocycles. The number of pyridine rings is 2. The van der Waals surface area contributed by atoms with E-state index in [0.29, 0.717) is 0 Å². The maximum Gasteiger partial charge on any atom is 0.0886 e. The van der Waals surface area contributed by atoms with Crippen molar-refractivity contribution in [3.63, 3.8) is 0 Å². The maximum absolute atomic E-state index is 5.64. The Bertz CT molecular complexity index is 468. The second-order valence-electron chi connectivity index (χ2n) is 3.51. The Balaban J connectivity index is 0.000000224. The molecule has 2 aromatic rings. The molecule has 5 heteroatoms. The van der Waals surface area contributed by atoms with Crippen LogP contribution in [0.1, 0.15) is 0 Å². The minimum Gasteiger partial charge on any atom is -0.255 e. The summed E-state index contributed by atoms with van der Waals surface area (Å²) < 4.78 is 3.23. The molecule has 2 aromatic heterocycles. The Kier molecular flexibility index (Phi) is 7.13. The SMILES string of the molecule is C=[CH][Sn]([Cl])([Cl])[CH]=C.c1ccc(-c2ccccn2)nc1. The van der Waals surface area contributed by atoms with Gasteiger partial charge < -0.3 is 0 Å². The number of hydrogen-bond acceptors (Lipinski definition) is 2. The van der Waals surface area contributed by atoms with E-state index in [1.807, 2.05) is 36.4 Å². The van der Waals surface area contributed by atoms with Crippen LogP contribution in [0.5, 0.6) is 0 Å². The number of nitrogens with zero attached hydrogens (tertiary/aromatic N) is 2. The molecule has 2 rings (SSSR count). The molecule has 0 unspecified atom stereocenters. The molecule has 0 fully saturated rings. The van der Waals surface area contributed by atoms with Crippen LogP contribution in [0.3, 0.4) is 0 Å². The van der Waals surface area contributed by atoms with E-state index >= 15 is 0 Å². The topological polar surface area (TPSA) is 25.8 Å². The van der Waals surface area contributed by atoms with Crippen molar-refractivity contribution in [2.24, 2.45) is 0 Å². The van der Waals surface area contributed by atoms with Crippen LogP contribution >= 0.6 is 17.8 Å². The van der Waals surface area contributed by atoms with Gasteiger partial charge >= 0.3 is 55.3 Å². The fraction of sp³-hybridized carbons (Fsp3) is 0. The largest absolute Gasteiger partial charge is 0.255 e. The Labute approximate surface area is 125 Å².